The van der Waals surface area contributed by atoms with Gasteiger partial charge in [-0.2, -0.15) is 13.5 Å². The largest absolute Gasteiger partial charge is 0.379 e. The van der Waals surface area contributed by atoms with Crippen LogP contribution < -0.4 is 4.18 Å². The minimum atomic E-state index is -3.93. The second-order valence-corrected chi connectivity index (χ2v) is 7.54. The summed E-state index contributed by atoms with van der Waals surface area (Å²) < 4.78 is 32.4. The number of aryl methyl sites for hydroxylation is 2. The molecule has 0 N–H and O–H groups in total. The number of benzene rings is 1. The fourth-order valence-corrected chi connectivity index (χ4v) is 3.53. The zero-order chi connectivity index (χ0) is 15.9. The second kappa shape index (κ2) is 5.51. The van der Waals surface area contributed by atoms with E-state index in [1.807, 2.05) is 6.07 Å². The lowest BCUT2D eigenvalue weighted by Crippen LogP contribution is -2.10. The van der Waals surface area contributed by atoms with E-state index in [1.165, 1.54) is 12.3 Å². The van der Waals surface area contributed by atoms with Gasteiger partial charge in [0.05, 0.1) is 11.9 Å². The summed E-state index contributed by atoms with van der Waals surface area (Å²) in [5, 5.41) is 4.92. The SMILES string of the molecule is Cc1nn(C)c2ncc(S(=O)(=O)Oc3cccc(I)c3)cc12. The average molecular weight is 429 g/mol. The first kappa shape index (κ1) is 15.2. The molecule has 0 saturated carbocycles. The Morgan fingerprint density at radius 3 is 2.77 bits per heavy atom. The van der Waals surface area contributed by atoms with Crippen molar-refractivity contribution in [1.82, 2.24) is 14.8 Å². The second-order valence-electron chi connectivity index (χ2n) is 4.75. The van der Waals surface area contributed by atoms with Crippen LogP contribution in [0, 0.1) is 10.5 Å². The molecule has 3 aromatic rings. The molecule has 22 heavy (non-hydrogen) atoms. The molecule has 0 atom stereocenters. The Labute approximate surface area is 141 Å². The number of hydrogen-bond acceptors (Lipinski definition) is 5. The predicted octanol–water partition coefficient (Wildman–Crippen LogP) is 2.65. The monoisotopic (exact) mass is 429 g/mol. The molecule has 8 heteroatoms. The molecule has 2 heterocycles. The topological polar surface area (TPSA) is 74.1 Å². The molecule has 6 nitrogen and oxygen atoms in total. The fraction of sp³-hybridized carbons (Fsp3) is 0.143. The maximum atomic E-state index is 12.4. The van der Waals surface area contributed by atoms with Gasteiger partial charge in [-0.1, -0.05) is 6.07 Å². The number of pyridine rings is 1. The van der Waals surface area contributed by atoms with Crippen molar-refractivity contribution in [3.05, 3.63) is 45.8 Å². The summed E-state index contributed by atoms with van der Waals surface area (Å²) in [7, 11) is -2.17. The van der Waals surface area contributed by atoms with Gasteiger partial charge < -0.3 is 4.18 Å². The van der Waals surface area contributed by atoms with E-state index in [0.29, 0.717) is 11.0 Å². The standard InChI is InChI=1S/C14H12IN3O3S/c1-9-13-7-12(8-16-14(13)18(2)17-9)22(19,20)21-11-5-3-4-10(15)6-11/h3-8H,1-2H3. The van der Waals surface area contributed by atoms with Gasteiger partial charge in [-0.25, -0.2) is 4.98 Å². The van der Waals surface area contributed by atoms with Crippen molar-refractivity contribution in [1.29, 1.82) is 0 Å². The van der Waals surface area contributed by atoms with E-state index in [2.05, 4.69) is 32.7 Å². The molecular weight excluding hydrogens is 417 g/mol. The van der Waals surface area contributed by atoms with E-state index in [4.69, 9.17) is 4.18 Å². The molecule has 114 valence electrons. The highest BCUT2D eigenvalue weighted by molar-refractivity contribution is 14.1. The molecule has 3 rings (SSSR count). The highest BCUT2D eigenvalue weighted by atomic mass is 127. The fourth-order valence-electron chi connectivity index (χ4n) is 2.12. The summed E-state index contributed by atoms with van der Waals surface area (Å²) in [6.45, 7) is 1.81. The Morgan fingerprint density at radius 2 is 2.05 bits per heavy atom. The highest BCUT2D eigenvalue weighted by Crippen LogP contribution is 2.23. The van der Waals surface area contributed by atoms with Crippen LogP contribution in [-0.2, 0) is 17.2 Å². The first-order valence-electron chi connectivity index (χ1n) is 6.36. The summed E-state index contributed by atoms with van der Waals surface area (Å²) in [6, 6.07) is 8.38. The van der Waals surface area contributed by atoms with Crippen molar-refractivity contribution < 1.29 is 12.6 Å². The zero-order valence-corrected chi connectivity index (χ0v) is 14.8. The summed E-state index contributed by atoms with van der Waals surface area (Å²) >= 11 is 2.09. The number of aromatic nitrogens is 3. The Kier molecular flexibility index (Phi) is 3.81. The molecule has 2 aromatic heterocycles. The maximum Gasteiger partial charge on any atom is 0.340 e. The van der Waals surface area contributed by atoms with Gasteiger partial charge in [0.15, 0.2) is 5.65 Å². The minimum absolute atomic E-state index is 0.00922. The molecule has 0 spiro atoms. The third-order valence-electron chi connectivity index (χ3n) is 3.13. The smallest absolute Gasteiger partial charge is 0.340 e. The molecule has 0 saturated heterocycles. The number of fused-ring (bicyclic) bond motifs is 1. The third kappa shape index (κ3) is 2.80. The summed E-state index contributed by atoms with van der Waals surface area (Å²) in [5.74, 6) is 0.273. The van der Waals surface area contributed by atoms with Gasteiger partial charge in [0.1, 0.15) is 10.6 Å². The van der Waals surface area contributed by atoms with E-state index >= 15 is 0 Å². The van der Waals surface area contributed by atoms with Crippen LogP contribution in [-0.4, -0.2) is 23.2 Å². The predicted molar refractivity (Wildman–Crippen MR) is 90.2 cm³/mol. The molecule has 0 aliphatic rings. The van der Waals surface area contributed by atoms with Crippen LogP contribution in [0.5, 0.6) is 5.75 Å². The van der Waals surface area contributed by atoms with E-state index in [-0.39, 0.29) is 10.6 Å². The van der Waals surface area contributed by atoms with E-state index in [0.717, 1.165) is 9.26 Å². The van der Waals surface area contributed by atoms with Gasteiger partial charge in [0.2, 0.25) is 0 Å². The third-order valence-corrected chi connectivity index (χ3v) is 5.01. The molecule has 0 aliphatic heterocycles. The Hall–Kier alpha value is -1.68. The van der Waals surface area contributed by atoms with Crippen molar-refractivity contribution >= 4 is 43.7 Å². The van der Waals surface area contributed by atoms with Crippen LogP contribution >= 0.6 is 22.6 Å². The summed E-state index contributed by atoms with van der Waals surface area (Å²) in [5.41, 5.74) is 1.35. The van der Waals surface area contributed by atoms with Crippen LogP contribution in [0.2, 0.25) is 0 Å². The molecule has 0 amide bonds. The van der Waals surface area contributed by atoms with Crippen LogP contribution in [0.1, 0.15) is 5.69 Å². The van der Waals surface area contributed by atoms with Crippen LogP contribution in [0.15, 0.2) is 41.4 Å². The van der Waals surface area contributed by atoms with Crippen molar-refractivity contribution in [2.24, 2.45) is 7.05 Å². The van der Waals surface area contributed by atoms with Crippen molar-refractivity contribution in [2.75, 3.05) is 0 Å². The van der Waals surface area contributed by atoms with E-state index in [1.54, 1.807) is 36.9 Å². The molecule has 0 aliphatic carbocycles. The molecule has 1 aromatic carbocycles. The number of nitrogens with zero attached hydrogens (tertiary/aromatic N) is 3. The number of halogens is 1. The summed E-state index contributed by atoms with van der Waals surface area (Å²) in [6.07, 6.45) is 1.28. The van der Waals surface area contributed by atoms with Crippen molar-refractivity contribution in [3.63, 3.8) is 0 Å². The quantitative estimate of drug-likeness (QED) is 0.473. The molecule has 0 unspecified atom stereocenters. The average Bonchev–Trinajstić information content (AvgIpc) is 2.73. The number of hydrogen-bond donors (Lipinski definition) is 0. The Balaban J connectivity index is 2.03. The number of rotatable bonds is 3. The van der Waals surface area contributed by atoms with Crippen molar-refractivity contribution in [2.45, 2.75) is 11.8 Å². The normalized spacial score (nSPS) is 11.8. The zero-order valence-electron chi connectivity index (χ0n) is 11.8. The van der Waals surface area contributed by atoms with Gasteiger partial charge in [-0.15, -0.1) is 0 Å². The highest BCUT2D eigenvalue weighted by Gasteiger charge is 2.19. The first-order chi connectivity index (χ1) is 10.4. The van der Waals surface area contributed by atoms with Crippen LogP contribution in [0.4, 0.5) is 0 Å². The molecular formula is C14H12IN3O3S. The first-order valence-corrected chi connectivity index (χ1v) is 8.85. The van der Waals surface area contributed by atoms with Gasteiger partial charge >= 0.3 is 10.1 Å². The lowest BCUT2D eigenvalue weighted by atomic mass is 10.3. The van der Waals surface area contributed by atoms with Crippen LogP contribution in [0.25, 0.3) is 11.0 Å². The molecule has 0 bridgehead atoms. The van der Waals surface area contributed by atoms with E-state index < -0.39 is 10.1 Å². The summed E-state index contributed by atoms with van der Waals surface area (Å²) in [4.78, 5) is 4.18. The van der Waals surface area contributed by atoms with Crippen LogP contribution in [0.3, 0.4) is 0 Å². The van der Waals surface area contributed by atoms with Gasteiger partial charge in [-0.05, 0) is 53.8 Å². The maximum absolute atomic E-state index is 12.4. The van der Waals surface area contributed by atoms with Crippen molar-refractivity contribution in [3.8, 4) is 5.75 Å². The lowest BCUT2D eigenvalue weighted by molar-refractivity contribution is 0.485. The Bertz CT molecular complexity index is 967. The van der Waals surface area contributed by atoms with Gasteiger partial charge in [-0.3, -0.25) is 4.68 Å². The Morgan fingerprint density at radius 1 is 1.27 bits per heavy atom. The lowest BCUT2D eigenvalue weighted by Gasteiger charge is -2.07. The minimum Gasteiger partial charge on any atom is -0.379 e. The van der Waals surface area contributed by atoms with Gasteiger partial charge in [0, 0.05) is 16.0 Å². The van der Waals surface area contributed by atoms with E-state index in [9.17, 15) is 8.42 Å². The molecule has 0 fully saturated rings. The van der Waals surface area contributed by atoms with Gasteiger partial charge in [0.25, 0.3) is 0 Å². The molecule has 0 radical (unpaired) electrons.